The van der Waals surface area contributed by atoms with E-state index < -0.39 is 40.5 Å². The third kappa shape index (κ3) is 4.18. The van der Waals surface area contributed by atoms with Crippen LogP contribution in [0.3, 0.4) is 0 Å². The molecule has 2 rings (SSSR count). The van der Waals surface area contributed by atoms with E-state index in [0.717, 1.165) is 4.88 Å². The maximum Gasteiger partial charge on any atom is 0.326 e. The first-order chi connectivity index (χ1) is 12.2. The number of thiophene rings is 1. The minimum atomic E-state index is -1.15. The van der Waals surface area contributed by atoms with Crippen LogP contribution in [-0.2, 0) is 19.1 Å². The van der Waals surface area contributed by atoms with E-state index in [1.54, 1.807) is 48.5 Å². The number of hydrogen-bond acceptors (Lipinski definition) is 5. The number of ether oxygens (including phenoxy) is 1. The highest BCUT2D eigenvalue weighted by molar-refractivity contribution is 7.10. The van der Waals surface area contributed by atoms with Gasteiger partial charge < -0.3 is 14.7 Å². The second-order valence-electron chi connectivity index (χ2n) is 9.36. The Hall–Kier alpha value is -1.89. The van der Waals surface area contributed by atoms with E-state index >= 15 is 0 Å². The van der Waals surface area contributed by atoms with Crippen molar-refractivity contribution in [2.24, 2.45) is 10.8 Å². The SMILES string of the molecule is CC(C)(C)OC(=O)[C@]1(C)C[C@H](C(=O)O)N(C(=O)C(C)(C)C)[C@H]1c1cccs1. The summed E-state index contributed by atoms with van der Waals surface area (Å²) in [6, 6.07) is 1.91. The number of nitrogens with zero attached hydrogens (tertiary/aromatic N) is 1. The van der Waals surface area contributed by atoms with Gasteiger partial charge >= 0.3 is 11.9 Å². The first-order valence-electron chi connectivity index (χ1n) is 9.01. The minimum Gasteiger partial charge on any atom is -0.480 e. The van der Waals surface area contributed by atoms with Crippen molar-refractivity contribution in [2.45, 2.75) is 72.6 Å². The van der Waals surface area contributed by atoms with Crippen molar-refractivity contribution in [3.05, 3.63) is 22.4 Å². The van der Waals surface area contributed by atoms with Crippen molar-refractivity contribution in [3.8, 4) is 0 Å². The van der Waals surface area contributed by atoms with Gasteiger partial charge in [-0.3, -0.25) is 9.59 Å². The zero-order valence-electron chi connectivity index (χ0n) is 17.0. The molecular formula is C20H29NO5S. The predicted octanol–water partition coefficient (Wildman–Crippen LogP) is 3.87. The first-order valence-corrected chi connectivity index (χ1v) is 9.89. The standard InChI is InChI=1S/C20H29NO5S/c1-18(2,3)16(24)21-12(15(22)23)11-20(7,17(25)26-19(4,5)6)14(21)13-9-8-10-27-13/h8-10,12,14H,11H2,1-7H3,(H,22,23)/t12-,14+,20-/m1/s1. The monoisotopic (exact) mass is 395 g/mol. The summed E-state index contributed by atoms with van der Waals surface area (Å²) >= 11 is 1.41. The molecule has 0 aromatic carbocycles. The molecule has 0 radical (unpaired) electrons. The van der Waals surface area contributed by atoms with Crippen LogP contribution < -0.4 is 0 Å². The van der Waals surface area contributed by atoms with E-state index in [1.807, 2.05) is 17.5 Å². The summed E-state index contributed by atoms with van der Waals surface area (Å²) in [4.78, 5) is 40.5. The fourth-order valence-electron chi connectivity index (χ4n) is 3.44. The van der Waals surface area contributed by atoms with Gasteiger partial charge in [-0.2, -0.15) is 0 Å². The Kier molecular flexibility index (Phi) is 5.49. The molecule has 1 aliphatic heterocycles. The Morgan fingerprint density at radius 1 is 1.22 bits per heavy atom. The van der Waals surface area contributed by atoms with Gasteiger partial charge in [0.1, 0.15) is 11.6 Å². The molecule has 1 aliphatic rings. The molecule has 2 heterocycles. The van der Waals surface area contributed by atoms with E-state index in [4.69, 9.17) is 4.74 Å². The lowest BCUT2D eigenvalue weighted by Crippen LogP contribution is -2.48. The number of carboxylic acids is 1. The number of carbonyl (C=O) groups excluding carboxylic acids is 2. The summed E-state index contributed by atoms with van der Waals surface area (Å²) in [6.45, 7) is 12.3. The molecular weight excluding hydrogens is 366 g/mol. The van der Waals surface area contributed by atoms with Crippen molar-refractivity contribution in [2.75, 3.05) is 0 Å². The Morgan fingerprint density at radius 2 is 1.81 bits per heavy atom. The second kappa shape index (κ2) is 6.93. The van der Waals surface area contributed by atoms with Crippen molar-refractivity contribution in [1.82, 2.24) is 4.90 Å². The van der Waals surface area contributed by atoms with Crippen LogP contribution in [0.25, 0.3) is 0 Å². The van der Waals surface area contributed by atoms with Crippen LogP contribution in [0, 0.1) is 10.8 Å². The fourth-order valence-corrected chi connectivity index (χ4v) is 4.41. The van der Waals surface area contributed by atoms with E-state index in [-0.39, 0.29) is 12.3 Å². The molecule has 6 nitrogen and oxygen atoms in total. The van der Waals surface area contributed by atoms with E-state index in [2.05, 4.69) is 0 Å². The fraction of sp³-hybridized carbons (Fsp3) is 0.650. The number of amides is 1. The molecule has 0 unspecified atom stereocenters. The Labute approximate surface area is 164 Å². The first kappa shape index (κ1) is 21.4. The molecule has 1 aromatic rings. The lowest BCUT2D eigenvalue weighted by Gasteiger charge is -2.37. The van der Waals surface area contributed by atoms with Crippen LogP contribution >= 0.6 is 11.3 Å². The molecule has 1 amide bonds. The predicted molar refractivity (Wildman–Crippen MR) is 103 cm³/mol. The minimum absolute atomic E-state index is 0.0155. The molecule has 1 fully saturated rings. The van der Waals surface area contributed by atoms with Crippen molar-refractivity contribution in [1.29, 1.82) is 0 Å². The quantitative estimate of drug-likeness (QED) is 0.786. The van der Waals surface area contributed by atoms with Crippen LogP contribution in [0.2, 0.25) is 0 Å². The lowest BCUT2D eigenvalue weighted by atomic mass is 9.80. The van der Waals surface area contributed by atoms with Crippen LogP contribution in [0.15, 0.2) is 17.5 Å². The summed E-state index contributed by atoms with van der Waals surface area (Å²) in [7, 11) is 0. The second-order valence-corrected chi connectivity index (χ2v) is 10.3. The number of rotatable bonds is 3. The van der Waals surface area contributed by atoms with E-state index in [9.17, 15) is 19.5 Å². The summed E-state index contributed by atoms with van der Waals surface area (Å²) < 4.78 is 5.63. The van der Waals surface area contributed by atoms with Gasteiger partial charge in [0, 0.05) is 10.3 Å². The van der Waals surface area contributed by atoms with E-state index in [0.29, 0.717) is 0 Å². The van der Waals surface area contributed by atoms with Crippen molar-refractivity contribution in [3.63, 3.8) is 0 Å². The molecule has 1 saturated heterocycles. The summed E-state index contributed by atoms with van der Waals surface area (Å²) in [5.41, 5.74) is -2.63. The highest BCUT2D eigenvalue weighted by Gasteiger charge is 2.60. The molecule has 27 heavy (non-hydrogen) atoms. The highest BCUT2D eigenvalue weighted by Crippen LogP contribution is 2.53. The third-order valence-electron chi connectivity index (χ3n) is 4.67. The lowest BCUT2D eigenvalue weighted by molar-refractivity contribution is -0.169. The normalized spacial score (nSPS) is 26.1. The molecule has 0 spiro atoms. The number of esters is 1. The number of aliphatic carboxylic acids is 1. The van der Waals surface area contributed by atoms with Gasteiger partial charge in [0.15, 0.2) is 0 Å². The number of carboxylic acid groups (broad SMARTS) is 1. The van der Waals surface area contributed by atoms with Crippen molar-refractivity contribution >= 4 is 29.2 Å². The van der Waals surface area contributed by atoms with Gasteiger partial charge in [-0.05, 0) is 45.6 Å². The van der Waals surface area contributed by atoms with Gasteiger partial charge in [0.05, 0.1) is 11.5 Å². The molecule has 0 aliphatic carbocycles. The van der Waals surface area contributed by atoms with Crippen LogP contribution in [0.5, 0.6) is 0 Å². The van der Waals surface area contributed by atoms with Crippen LogP contribution in [0.1, 0.15) is 65.8 Å². The smallest absolute Gasteiger partial charge is 0.326 e. The average molecular weight is 396 g/mol. The van der Waals surface area contributed by atoms with Crippen LogP contribution in [-0.4, -0.2) is 39.5 Å². The van der Waals surface area contributed by atoms with Crippen molar-refractivity contribution < 1.29 is 24.2 Å². The summed E-state index contributed by atoms with van der Waals surface area (Å²) in [5, 5.41) is 11.7. The summed E-state index contributed by atoms with van der Waals surface area (Å²) in [6.07, 6.45) is 0.0155. The molecule has 7 heteroatoms. The van der Waals surface area contributed by atoms with Gasteiger partial charge in [0.2, 0.25) is 5.91 Å². The highest BCUT2D eigenvalue weighted by atomic mass is 32.1. The maximum absolute atomic E-state index is 13.2. The Morgan fingerprint density at radius 3 is 2.22 bits per heavy atom. The zero-order chi connectivity index (χ0) is 20.8. The summed E-state index contributed by atoms with van der Waals surface area (Å²) in [5.74, 6) is -1.88. The molecule has 0 bridgehead atoms. The Bertz CT molecular complexity index is 729. The largest absolute Gasteiger partial charge is 0.480 e. The maximum atomic E-state index is 13.2. The topological polar surface area (TPSA) is 83.9 Å². The van der Waals surface area contributed by atoms with Gasteiger partial charge in [0.25, 0.3) is 0 Å². The van der Waals surface area contributed by atoms with Gasteiger partial charge in [-0.1, -0.05) is 26.8 Å². The van der Waals surface area contributed by atoms with Crippen LogP contribution in [0.4, 0.5) is 0 Å². The molecule has 0 saturated carbocycles. The molecule has 150 valence electrons. The zero-order valence-corrected chi connectivity index (χ0v) is 17.8. The average Bonchev–Trinajstić information content (AvgIpc) is 3.09. The third-order valence-corrected chi connectivity index (χ3v) is 5.60. The molecule has 3 atom stereocenters. The number of carbonyl (C=O) groups is 3. The molecule has 1 aromatic heterocycles. The van der Waals surface area contributed by atoms with E-state index in [1.165, 1.54) is 16.2 Å². The van der Waals surface area contributed by atoms with Gasteiger partial charge in [-0.25, -0.2) is 4.79 Å². The number of likely N-dealkylation sites (tertiary alicyclic amines) is 1. The number of hydrogen-bond donors (Lipinski definition) is 1. The van der Waals surface area contributed by atoms with Gasteiger partial charge in [-0.15, -0.1) is 11.3 Å². The Balaban J connectivity index is 2.62. The molecule has 1 N–H and O–H groups in total.